The summed E-state index contributed by atoms with van der Waals surface area (Å²) in [5.41, 5.74) is 8.03. The third-order valence-corrected chi connectivity index (χ3v) is 11.8. The van der Waals surface area contributed by atoms with E-state index in [9.17, 15) is 9.59 Å². The van der Waals surface area contributed by atoms with Gasteiger partial charge in [0.25, 0.3) is 0 Å². The first-order valence-corrected chi connectivity index (χ1v) is 22.2. The Morgan fingerprint density at radius 2 is 1.09 bits per heavy atom. The Balaban J connectivity index is 1.08. The molecule has 1 heterocycles. The highest BCUT2D eigenvalue weighted by atomic mass is 16.7. The van der Waals surface area contributed by atoms with E-state index >= 15 is 0 Å². The van der Waals surface area contributed by atoms with Gasteiger partial charge in [-0.3, -0.25) is 0 Å². The largest absolute Gasteiger partial charge is 0.467 e. The van der Waals surface area contributed by atoms with E-state index < -0.39 is 54.9 Å². The zero-order valence-electron chi connectivity index (χ0n) is 36.9. The second kappa shape index (κ2) is 22.6. The summed E-state index contributed by atoms with van der Waals surface area (Å²) in [6.07, 6.45) is -2.81. The van der Waals surface area contributed by atoms with Crippen molar-refractivity contribution in [3.05, 3.63) is 216 Å². The lowest BCUT2D eigenvalue weighted by Gasteiger charge is -2.51. The Kier molecular flexibility index (Phi) is 15.8. The summed E-state index contributed by atoms with van der Waals surface area (Å²) in [6.45, 7) is 4.75. The number of carbonyl (C=O) groups excluding carboxylic acids is 2. The molecule has 2 aliphatic rings. The average molecular weight is 890 g/mol. The van der Waals surface area contributed by atoms with Crippen LogP contribution < -0.4 is 5.32 Å². The lowest BCUT2D eigenvalue weighted by atomic mass is 9.91. The van der Waals surface area contributed by atoms with Gasteiger partial charge in [0, 0.05) is 5.92 Å². The van der Waals surface area contributed by atoms with Crippen LogP contribution in [0.4, 0.5) is 4.79 Å². The van der Waals surface area contributed by atoms with Crippen LogP contribution in [-0.2, 0) is 69.1 Å². The number of methoxy groups -OCH3 is 1. The maximum absolute atomic E-state index is 13.6. The lowest BCUT2D eigenvalue weighted by molar-refractivity contribution is -0.364. The Labute approximate surface area is 386 Å². The van der Waals surface area contributed by atoms with Crippen molar-refractivity contribution >= 4 is 12.1 Å². The molecule has 11 nitrogen and oxygen atoms in total. The van der Waals surface area contributed by atoms with Crippen molar-refractivity contribution in [1.29, 1.82) is 0 Å². The third kappa shape index (κ3) is 11.3. The number of alkyl carbamates (subject to hydrolysis) is 1. The van der Waals surface area contributed by atoms with Gasteiger partial charge < -0.3 is 43.2 Å². The van der Waals surface area contributed by atoms with E-state index in [4.69, 9.17) is 37.9 Å². The Morgan fingerprint density at radius 1 is 0.621 bits per heavy atom. The molecule has 0 aromatic heterocycles. The standard InChI is InChI=1S/C55H55NO10/c1-3-55(65-37-48(53(57)59-2)56-54(58)64-36-47-45-30-18-16-28-43(45)44-29-17-19-31-46(44)47)52(63-35-42-26-14-7-15-27-42)51(62-34-41-24-12-6-13-25-41)50(61-33-40-22-10-5-11-23-40)49(66-55)38-60-32-39-20-8-4-9-21-39/h3-31,47-52H,1,32-38H2,2H3,(H,56,58)/t48?,49?,50-,51+,52?,55-/m0/s1. The van der Waals surface area contributed by atoms with Gasteiger partial charge in [-0.15, -0.1) is 0 Å². The molecule has 6 aromatic rings. The molecule has 6 aromatic carbocycles. The maximum atomic E-state index is 13.6. The van der Waals surface area contributed by atoms with Gasteiger partial charge in [0.15, 0.2) is 6.04 Å². The molecule has 66 heavy (non-hydrogen) atoms. The molecule has 1 fully saturated rings. The van der Waals surface area contributed by atoms with Gasteiger partial charge in [-0.05, 0) is 50.6 Å². The van der Waals surface area contributed by atoms with Gasteiger partial charge in [0.2, 0.25) is 5.79 Å². The molecular formula is C55H55NO10. The monoisotopic (exact) mass is 889 g/mol. The van der Waals surface area contributed by atoms with Gasteiger partial charge in [-0.25, -0.2) is 9.59 Å². The Morgan fingerprint density at radius 3 is 1.61 bits per heavy atom. The molecule has 11 heteroatoms. The number of amides is 1. The summed E-state index contributed by atoms with van der Waals surface area (Å²) in [5.74, 6) is -2.74. The predicted octanol–water partition coefficient (Wildman–Crippen LogP) is 9.34. The van der Waals surface area contributed by atoms with Crippen LogP contribution in [0.25, 0.3) is 11.1 Å². The lowest BCUT2D eigenvalue weighted by Crippen LogP contribution is -2.68. The molecule has 1 aliphatic carbocycles. The summed E-state index contributed by atoms with van der Waals surface area (Å²) in [7, 11) is 1.24. The molecule has 1 N–H and O–H groups in total. The number of hydrogen-bond donors (Lipinski definition) is 1. The molecule has 8 rings (SSSR count). The number of rotatable bonds is 21. The topological polar surface area (TPSA) is 120 Å². The molecule has 1 saturated heterocycles. The third-order valence-electron chi connectivity index (χ3n) is 11.8. The fraction of sp³-hybridized carbons (Fsp3) is 0.273. The summed E-state index contributed by atoms with van der Waals surface area (Å²) < 4.78 is 51.7. The maximum Gasteiger partial charge on any atom is 0.407 e. The highest BCUT2D eigenvalue weighted by molar-refractivity contribution is 5.82. The first-order valence-electron chi connectivity index (χ1n) is 22.2. The van der Waals surface area contributed by atoms with E-state index in [1.165, 1.54) is 13.2 Å². The first kappa shape index (κ1) is 46.1. The average Bonchev–Trinajstić information content (AvgIpc) is 3.69. The number of ether oxygens (including phenoxy) is 8. The van der Waals surface area contributed by atoms with Gasteiger partial charge in [-0.2, -0.15) is 0 Å². The minimum Gasteiger partial charge on any atom is -0.467 e. The van der Waals surface area contributed by atoms with E-state index in [0.717, 1.165) is 44.5 Å². The second-order valence-electron chi connectivity index (χ2n) is 16.2. The number of hydrogen-bond acceptors (Lipinski definition) is 10. The zero-order valence-corrected chi connectivity index (χ0v) is 36.9. The fourth-order valence-corrected chi connectivity index (χ4v) is 8.51. The van der Waals surface area contributed by atoms with Crippen LogP contribution in [0.1, 0.15) is 39.3 Å². The van der Waals surface area contributed by atoms with Crippen molar-refractivity contribution in [2.24, 2.45) is 0 Å². The van der Waals surface area contributed by atoms with Crippen LogP contribution in [0.15, 0.2) is 183 Å². The molecule has 6 atom stereocenters. The molecule has 1 amide bonds. The summed E-state index contributed by atoms with van der Waals surface area (Å²) in [5, 5.41) is 2.69. The van der Waals surface area contributed by atoms with Gasteiger partial charge in [-0.1, -0.05) is 176 Å². The van der Waals surface area contributed by atoms with Crippen molar-refractivity contribution in [2.75, 3.05) is 26.9 Å². The second-order valence-corrected chi connectivity index (χ2v) is 16.2. The van der Waals surface area contributed by atoms with E-state index in [1.807, 2.05) is 158 Å². The minimum atomic E-state index is -1.79. The van der Waals surface area contributed by atoms with Crippen LogP contribution in [0.2, 0.25) is 0 Å². The van der Waals surface area contributed by atoms with E-state index in [2.05, 4.69) is 24.0 Å². The number of benzene rings is 6. The van der Waals surface area contributed by atoms with E-state index in [0.29, 0.717) is 6.61 Å². The number of esters is 1. The normalized spacial score (nSPS) is 20.4. The van der Waals surface area contributed by atoms with E-state index in [1.54, 1.807) is 0 Å². The molecular weight excluding hydrogens is 835 g/mol. The summed E-state index contributed by atoms with van der Waals surface area (Å²) >= 11 is 0. The first-order chi connectivity index (χ1) is 32.4. The highest BCUT2D eigenvalue weighted by Crippen LogP contribution is 2.45. The molecule has 0 bridgehead atoms. The van der Waals surface area contributed by atoms with Crippen LogP contribution in [-0.4, -0.2) is 75.2 Å². The van der Waals surface area contributed by atoms with Gasteiger partial charge in [0.05, 0.1) is 46.8 Å². The van der Waals surface area contributed by atoms with Crippen molar-refractivity contribution in [3.63, 3.8) is 0 Å². The quantitative estimate of drug-likeness (QED) is 0.0553. The van der Waals surface area contributed by atoms with Crippen LogP contribution in [0.5, 0.6) is 0 Å². The molecule has 1 aliphatic heterocycles. The van der Waals surface area contributed by atoms with Gasteiger partial charge in [0.1, 0.15) is 31.0 Å². The summed E-state index contributed by atoms with van der Waals surface area (Å²) in [6, 6.07) is 53.9. The van der Waals surface area contributed by atoms with Crippen LogP contribution >= 0.6 is 0 Å². The predicted molar refractivity (Wildman–Crippen MR) is 249 cm³/mol. The molecule has 3 unspecified atom stereocenters. The van der Waals surface area contributed by atoms with E-state index in [-0.39, 0.29) is 39.0 Å². The van der Waals surface area contributed by atoms with Crippen molar-refractivity contribution < 1.29 is 47.5 Å². The number of fused-ring (bicyclic) bond motifs is 3. The van der Waals surface area contributed by atoms with Gasteiger partial charge >= 0.3 is 12.1 Å². The molecule has 340 valence electrons. The molecule has 0 saturated carbocycles. The Hall–Kier alpha value is -6.44. The molecule has 0 radical (unpaired) electrons. The van der Waals surface area contributed by atoms with Crippen LogP contribution in [0.3, 0.4) is 0 Å². The number of carbonyl (C=O) groups is 2. The smallest absolute Gasteiger partial charge is 0.407 e. The van der Waals surface area contributed by atoms with Crippen molar-refractivity contribution in [3.8, 4) is 11.1 Å². The minimum absolute atomic E-state index is 0.0409. The SMILES string of the molecule is C=C[C@]1(OCC(NC(=O)OCC2c3ccccc3-c3ccccc32)C(=O)OC)OC(COCc2ccccc2)[C@H](OCc2ccccc2)[C@@H](OCc2ccccc2)C1OCc1ccccc1. The zero-order chi connectivity index (χ0) is 45.6. The fourth-order valence-electron chi connectivity index (χ4n) is 8.51. The van der Waals surface area contributed by atoms with Crippen LogP contribution in [0, 0.1) is 0 Å². The highest BCUT2D eigenvalue weighted by Gasteiger charge is 2.57. The van der Waals surface area contributed by atoms with Crippen molar-refractivity contribution in [1.82, 2.24) is 5.32 Å². The summed E-state index contributed by atoms with van der Waals surface area (Å²) in [4.78, 5) is 27.1. The number of nitrogens with one attached hydrogen (secondary N) is 1. The Bertz CT molecular complexity index is 2430. The van der Waals surface area contributed by atoms with Crippen molar-refractivity contribution in [2.45, 2.75) is 68.6 Å². The molecule has 0 spiro atoms.